The van der Waals surface area contributed by atoms with Crippen molar-refractivity contribution in [1.29, 1.82) is 0 Å². The Morgan fingerprint density at radius 3 is 2.97 bits per heavy atom. The van der Waals surface area contributed by atoms with Crippen molar-refractivity contribution in [3.63, 3.8) is 0 Å². The fourth-order valence-electron chi connectivity index (χ4n) is 5.46. The Kier molecular flexibility index (Phi) is 7.24. The number of thiophene rings is 1. The third-order valence-corrected chi connectivity index (χ3v) is 8.62. The number of aromatic amines is 1. The van der Waals surface area contributed by atoms with Crippen LogP contribution in [0.4, 0.5) is 5.82 Å². The van der Waals surface area contributed by atoms with E-state index in [0.29, 0.717) is 19.0 Å². The molecule has 1 aromatic carbocycles. The Labute approximate surface area is 225 Å². The summed E-state index contributed by atoms with van der Waals surface area (Å²) in [6.07, 6.45) is 3.93. The molecule has 2 aliphatic heterocycles. The number of amides is 1. The van der Waals surface area contributed by atoms with Crippen LogP contribution in [0.25, 0.3) is 32.5 Å². The van der Waals surface area contributed by atoms with E-state index in [4.69, 9.17) is 19.4 Å². The maximum atomic E-state index is 12.4. The van der Waals surface area contributed by atoms with Gasteiger partial charge in [-0.2, -0.15) is 5.10 Å². The van der Waals surface area contributed by atoms with E-state index in [1.807, 2.05) is 30.3 Å². The molecule has 6 rings (SSSR count). The van der Waals surface area contributed by atoms with Crippen LogP contribution in [-0.2, 0) is 20.8 Å². The molecule has 1 unspecified atom stereocenters. The lowest BCUT2D eigenvalue weighted by Crippen LogP contribution is -2.49. The number of nitrogens with one attached hydrogen (secondary N) is 1. The third-order valence-electron chi connectivity index (χ3n) is 7.51. The number of likely N-dealkylation sites (N-methyl/N-ethyl adjacent to an activating group) is 1. The van der Waals surface area contributed by atoms with Gasteiger partial charge in [0.25, 0.3) is 0 Å². The summed E-state index contributed by atoms with van der Waals surface area (Å²) in [6, 6.07) is 8.50. The summed E-state index contributed by atoms with van der Waals surface area (Å²) in [6.45, 7) is 5.85. The Morgan fingerprint density at radius 1 is 1.26 bits per heavy atom. The molecule has 1 N–H and O–H groups in total. The number of methoxy groups -OCH3 is 1. The number of benzene rings is 1. The maximum absolute atomic E-state index is 12.4. The van der Waals surface area contributed by atoms with Gasteiger partial charge >= 0.3 is 0 Å². The van der Waals surface area contributed by atoms with Crippen LogP contribution in [0.2, 0.25) is 0 Å². The quantitative estimate of drug-likeness (QED) is 0.385. The fourth-order valence-corrected chi connectivity index (χ4v) is 6.61. The summed E-state index contributed by atoms with van der Waals surface area (Å²) < 4.78 is 11.8. The topological polar surface area (TPSA) is 99.7 Å². The van der Waals surface area contributed by atoms with Gasteiger partial charge in [0.05, 0.1) is 35.1 Å². The van der Waals surface area contributed by atoms with E-state index in [9.17, 15) is 4.79 Å². The van der Waals surface area contributed by atoms with Gasteiger partial charge in [0.1, 0.15) is 6.61 Å². The van der Waals surface area contributed by atoms with Gasteiger partial charge in [0, 0.05) is 62.2 Å². The second-order valence-corrected chi connectivity index (χ2v) is 11.1. The molecule has 0 bridgehead atoms. The van der Waals surface area contributed by atoms with Crippen LogP contribution in [0.15, 0.2) is 30.5 Å². The number of hydrogen-bond donors (Lipinski definition) is 1. The molecule has 2 aliphatic rings. The Hall–Kier alpha value is -3.12. The van der Waals surface area contributed by atoms with E-state index in [0.717, 1.165) is 78.1 Å². The summed E-state index contributed by atoms with van der Waals surface area (Å²) in [5.41, 5.74) is 2.92. The lowest BCUT2D eigenvalue weighted by atomic mass is 10.0. The van der Waals surface area contributed by atoms with Crippen molar-refractivity contribution in [2.45, 2.75) is 25.4 Å². The number of anilines is 1. The number of fused-ring (bicyclic) bond motifs is 2. The first-order chi connectivity index (χ1) is 18.6. The van der Waals surface area contributed by atoms with Crippen molar-refractivity contribution >= 4 is 44.2 Å². The molecule has 11 heteroatoms. The van der Waals surface area contributed by atoms with E-state index in [1.165, 1.54) is 4.88 Å². The first kappa shape index (κ1) is 25.2. The monoisotopic (exact) mass is 535 g/mol. The molecule has 1 atom stereocenters. The molecule has 4 aromatic rings. The van der Waals surface area contributed by atoms with Crippen LogP contribution in [-0.4, -0.2) is 102 Å². The molecule has 38 heavy (non-hydrogen) atoms. The number of morpholine rings is 1. The summed E-state index contributed by atoms with van der Waals surface area (Å²) >= 11 is 1.78. The van der Waals surface area contributed by atoms with Gasteiger partial charge in [0.15, 0.2) is 11.6 Å². The average Bonchev–Trinajstić information content (AvgIpc) is 3.59. The molecule has 0 spiro atoms. The normalized spacial score (nSPS) is 18.9. The number of ether oxygens (including phenoxy) is 2. The van der Waals surface area contributed by atoms with E-state index in [-0.39, 0.29) is 18.6 Å². The lowest BCUT2D eigenvalue weighted by molar-refractivity contribution is -0.137. The van der Waals surface area contributed by atoms with Crippen molar-refractivity contribution in [2.24, 2.45) is 0 Å². The standard InChI is InChI=1S/C27H33N7O3S/c1-32(24(35)17-36-2)18-5-4-8-33(15-18)16-19-13-23-25(38-19)27(34-9-11-37-12-10-34)30-26(29-23)20-6-3-7-22-21(20)14-28-31-22/h3,6-7,13-14,18H,4-5,8-12,15-17H2,1-2H3,(H,28,31). The van der Waals surface area contributed by atoms with E-state index < -0.39 is 0 Å². The van der Waals surface area contributed by atoms with Crippen molar-refractivity contribution in [3.8, 4) is 11.4 Å². The van der Waals surface area contributed by atoms with E-state index in [2.05, 4.69) is 32.1 Å². The van der Waals surface area contributed by atoms with Gasteiger partial charge in [-0.3, -0.25) is 14.8 Å². The van der Waals surface area contributed by atoms with Gasteiger partial charge in [0.2, 0.25) is 5.91 Å². The summed E-state index contributed by atoms with van der Waals surface area (Å²) in [7, 11) is 3.46. The highest BCUT2D eigenvalue weighted by atomic mass is 32.1. The summed E-state index contributed by atoms with van der Waals surface area (Å²) in [4.78, 5) is 30.4. The number of H-pyrrole nitrogens is 1. The molecular formula is C27H33N7O3S. The van der Waals surface area contributed by atoms with E-state index in [1.54, 1.807) is 18.4 Å². The van der Waals surface area contributed by atoms with Gasteiger partial charge in [-0.15, -0.1) is 11.3 Å². The summed E-state index contributed by atoms with van der Waals surface area (Å²) in [5.74, 6) is 1.73. The minimum absolute atomic E-state index is 0.0341. The fraction of sp³-hybridized carbons (Fsp3) is 0.481. The molecule has 2 saturated heterocycles. The highest BCUT2D eigenvalue weighted by molar-refractivity contribution is 7.19. The first-order valence-electron chi connectivity index (χ1n) is 13.1. The highest BCUT2D eigenvalue weighted by Crippen LogP contribution is 2.36. The van der Waals surface area contributed by atoms with E-state index >= 15 is 0 Å². The SMILES string of the molecule is COCC(=O)N(C)C1CCCN(Cc2cc3nc(-c4cccc5[nH]ncc45)nc(N4CCOCC4)c3s2)C1. The Balaban J connectivity index is 1.32. The van der Waals surface area contributed by atoms with Gasteiger partial charge in [-0.1, -0.05) is 12.1 Å². The molecule has 200 valence electrons. The second kappa shape index (κ2) is 10.9. The smallest absolute Gasteiger partial charge is 0.248 e. The predicted molar refractivity (Wildman–Crippen MR) is 148 cm³/mol. The molecule has 10 nitrogen and oxygen atoms in total. The van der Waals surface area contributed by atoms with Gasteiger partial charge in [-0.05, 0) is 31.5 Å². The Bertz CT molecular complexity index is 1430. The minimum Gasteiger partial charge on any atom is -0.378 e. The number of carbonyl (C=O) groups excluding carboxylic acids is 1. The Morgan fingerprint density at radius 2 is 2.13 bits per heavy atom. The van der Waals surface area contributed by atoms with Crippen LogP contribution in [0, 0.1) is 0 Å². The van der Waals surface area contributed by atoms with Crippen LogP contribution in [0.1, 0.15) is 17.7 Å². The maximum Gasteiger partial charge on any atom is 0.248 e. The van der Waals surface area contributed by atoms with Crippen molar-refractivity contribution < 1.29 is 14.3 Å². The van der Waals surface area contributed by atoms with Crippen LogP contribution in [0.5, 0.6) is 0 Å². The average molecular weight is 536 g/mol. The minimum atomic E-state index is 0.0341. The number of piperidine rings is 1. The first-order valence-corrected chi connectivity index (χ1v) is 13.9. The second-order valence-electron chi connectivity index (χ2n) is 10.0. The van der Waals surface area contributed by atoms with Crippen molar-refractivity contribution in [2.75, 3.05) is 65.1 Å². The summed E-state index contributed by atoms with van der Waals surface area (Å²) in [5, 5.41) is 8.30. The molecule has 2 fully saturated rings. The lowest BCUT2D eigenvalue weighted by Gasteiger charge is -2.37. The molecule has 3 aromatic heterocycles. The zero-order valence-corrected chi connectivity index (χ0v) is 22.7. The third kappa shape index (κ3) is 4.98. The van der Waals surface area contributed by atoms with Crippen LogP contribution < -0.4 is 4.90 Å². The number of nitrogens with zero attached hydrogens (tertiary/aromatic N) is 6. The number of carbonyl (C=O) groups is 1. The zero-order chi connectivity index (χ0) is 26.1. The molecule has 0 aliphatic carbocycles. The number of likely N-dealkylation sites (tertiary alicyclic amines) is 1. The predicted octanol–water partition coefficient (Wildman–Crippen LogP) is 3.14. The van der Waals surface area contributed by atoms with Gasteiger partial charge in [-0.25, -0.2) is 9.97 Å². The van der Waals surface area contributed by atoms with Crippen LogP contribution >= 0.6 is 11.3 Å². The van der Waals surface area contributed by atoms with Crippen molar-refractivity contribution in [3.05, 3.63) is 35.3 Å². The molecule has 5 heterocycles. The molecular weight excluding hydrogens is 502 g/mol. The zero-order valence-electron chi connectivity index (χ0n) is 21.9. The highest BCUT2D eigenvalue weighted by Gasteiger charge is 2.27. The molecule has 0 saturated carbocycles. The van der Waals surface area contributed by atoms with Gasteiger partial charge < -0.3 is 19.3 Å². The van der Waals surface area contributed by atoms with Crippen molar-refractivity contribution in [1.82, 2.24) is 30.0 Å². The number of hydrogen-bond acceptors (Lipinski definition) is 9. The number of aromatic nitrogens is 4. The molecule has 0 radical (unpaired) electrons. The molecule has 1 amide bonds. The number of rotatable bonds is 7. The van der Waals surface area contributed by atoms with Crippen LogP contribution in [0.3, 0.4) is 0 Å². The largest absolute Gasteiger partial charge is 0.378 e.